The maximum atomic E-state index is 12.7. The molecule has 1 saturated heterocycles. The van der Waals surface area contributed by atoms with Crippen LogP contribution in [-0.2, 0) is 28.5 Å². The van der Waals surface area contributed by atoms with Crippen LogP contribution < -0.4 is 0 Å². The zero-order valence-electron chi connectivity index (χ0n) is 32.1. The summed E-state index contributed by atoms with van der Waals surface area (Å²) in [6.45, 7) is 3.30. The second-order valence-electron chi connectivity index (χ2n) is 14.1. The van der Waals surface area contributed by atoms with Crippen molar-refractivity contribution in [3.63, 3.8) is 0 Å². The molecule has 10 nitrogen and oxygen atoms in total. The van der Waals surface area contributed by atoms with Gasteiger partial charge in [-0.3, -0.25) is 9.59 Å². The lowest BCUT2D eigenvalue weighted by Gasteiger charge is -2.39. The summed E-state index contributed by atoms with van der Waals surface area (Å²) in [7, 11) is 0. The van der Waals surface area contributed by atoms with Gasteiger partial charge in [0, 0.05) is 12.8 Å². The highest BCUT2D eigenvalue weighted by Gasteiger charge is 2.44. The molecule has 1 rings (SSSR count). The van der Waals surface area contributed by atoms with Crippen molar-refractivity contribution in [3.05, 3.63) is 24.3 Å². The average Bonchev–Trinajstić information content (AvgIpc) is 3.12. The molecule has 10 heteroatoms. The van der Waals surface area contributed by atoms with Crippen LogP contribution in [0.2, 0.25) is 0 Å². The van der Waals surface area contributed by atoms with Crippen molar-refractivity contribution in [2.24, 2.45) is 0 Å². The van der Waals surface area contributed by atoms with Gasteiger partial charge in [0.15, 0.2) is 12.4 Å². The molecule has 6 atom stereocenters. The quantitative estimate of drug-likeness (QED) is 0.0300. The highest BCUT2D eigenvalue weighted by Crippen LogP contribution is 2.22. The zero-order valence-corrected chi connectivity index (χ0v) is 32.1. The van der Waals surface area contributed by atoms with Gasteiger partial charge in [-0.25, -0.2) is 0 Å². The molecule has 6 unspecified atom stereocenters. The fourth-order valence-electron chi connectivity index (χ4n) is 6.04. The lowest BCUT2D eigenvalue weighted by molar-refractivity contribution is -0.305. The van der Waals surface area contributed by atoms with Gasteiger partial charge in [-0.05, 0) is 44.9 Å². The highest BCUT2D eigenvalue weighted by molar-refractivity contribution is 5.70. The number of carbonyl (C=O) groups is 2. The van der Waals surface area contributed by atoms with Gasteiger partial charge in [-0.1, -0.05) is 134 Å². The van der Waals surface area contributed by atoms with E-state index in [1.54, 1.807) is 0 Å². The van der Waals surface area contributed by atoms with Crippen molar-refractivity contribution in [2.45, 2.75) is 205 Å². The van der Waals surface area contributed by atoms with Crippen LogP contribution >= 0.6 is 0 Å². The van der Waals surface area contributed by atoms with E-state index in [4.69, 9.17) is 18.9 Å². The number of esters is 2. The van der Waals surface area contributed by atoms with Gasteiger partial charge in [0.25, 0.3) is 0 Å². The summed E-state index contributed by atoms with van der Waals surface area (Å²) >= 11 is 0. The minimum absolute atomic E-state index is 0.218. The number of allylic oxidation sites excluding steroid dienone is 4. The van der Waals surface area contributed by atoms with Gasteiger partial charge in [0.05, 0.1) is 13.2 Å². The van der Waals surface area contributed by atoms with Crippen molar-refractivity contribution in [1.82, 2.24) is 0 Å². The van der Waals surface area contributed by atoms with Crippen LogP contribution in [0, 0.1) is 0 Å². The minimum Gasteiger partial charge on any atom is -0.462 e. The Morgan fingerprint density at radius 3 is 1.63 bits per heavy atom. The molecule has 51 heavy (non-hydrogen) atoms. The van der Waals surface area contributed by atoms with E-state index in [0.717, 1.165) is 64.2 Å². The molecule has 0 aromatic carbocycles. The number of aliphatic hydroxyl groups is 4. The molecule has 1 heterocycles. The summed E-state index contributed by atoms with van der Waals surface area (Å²) in [6, 6.07) is 0. The first-order valence-corrected chi connectivity index (χ1v) is 20.4. The first-order valence-electron chi connectivity index (χ1n) is 20.4. The average molecular weight is 727 g/mol. The van der Waals surface area contributed by atoms with Gasteiger partial charge in [-0.2, -0.15) is 0 Å². The van der Waals surface area contributed by atoms with E-state index < -0.39 is 49.4 Å². The molecule has 0 bridgehead atoms. The van der Waals surface area contributed by atoms with Gasteiger partial charge in [0.2, 0.25) is 0 Å². The lowest BCUT2D eigenvalue weighted by atomic mass is 9.99. The first-order chi connectivity index (χ1) is 24.8. The van der Waals surface area contributed by atoms with E-state index in [-0.39, 0.29) is 32.0 Å². The Bertz CT molecular complexity index is 892. The molecule has 4 N–H and O–H groups in total. The first kappa shape index (κ1) is 47.2. The molecule has 298 valence electrons. The van der Waals surface area contributed by atoms with E-state index in [0.29, 0.717) is 6.42 Å². The van der Waals surface area contributed by atoms with Gasteiger partial charge in [0.1, 0.15) is 31.0 Å². The van der Waals surface area contributed by atoms with Crippen LogP contribution in [0.1, 0.15) is 168 Å². The smallest absolute Gasteiger partial charge is 0.306 e. The molecular formula is C41H74O10. The Kier molecular flexibility index (Phi) is 30.4. The molecule has 1 aliphatic heterocycles. The van der Waals surface area contributed by atoms with Crippen molar-refractivity contribution in [2.75, 3.05) is 19.8 Å². The minimum atomic E-state index is -1.59. The predicted octanol–water partition coefficient (Wildman–Crippen LogP) is 7.77. The normalized spacial score (nSPS) is 21.4. The molecular weight excluding hydrogens is 652 g/mol. The number of carbonyl (C=O) groups excluding carboxylic acids is 2. The fraction of sp³-hybridized carbons (Fsp3) is 0.854. The number of rotatable bonds is 33. The summed E-state index contributed by atoms with van der Waals surface area (Å²) in [6.07, 6.45) is 26.7. The Labute approximate surface area is 309 Å². The Morgan fingerprint density at radius 2 is 1.10 bits per heavy atom. The van der Waals surface area contributed by atoms with Crippen LogP contribution in [0.5, 0.6) is 0 Å². The summed E-state index contributed by atoms with van der Waals surface area (Å²) in [4.78, 5) is 25.0. The van der Waals surface area contributed by atoms with Crippen molar-refractivity contribution in [1.29, 1.82) is 0 Å². The molecule has 1 aliphatic rings. The van der Waals surface area contributed by atoms with Crippen molar-refractivity contribution >= 4 is 11.9 Å². The number of unbranched alkanes of at least 4 members (excludes halogenated alkanes) is 18. The summed E-state index contributed by atoms with van der Waals surface area (Å²) < 4.78 is 21.9. The summed E-state index contributed by atoms with van der Waals surface area (Å²) in [5.41, 5.74) is 0. The standard InChI is InChI=1S/C41H74O10/c1-3-5-7-9-10-11-12-13-14-15-16-17-18-19-20-21-22-23-24-26-28-30-37(44)50-34(32-48-36(43)29-27-25-8-6-4-2)33-49-41-40(47)39(46)38(45)35(31-42)51-41/h12-13,15-16,34-35,38-42,45-47H,3-11,14,17-33H2,1-2H3/b13-12-,16-15-. The fourth-order valence-corrected chi connectivity index (χ4v) is 6.04. The van der Waals surface area contributed by atoms with E-state index in [9.17, 15) is 30.0 Å². The number of aliphatic hydroxyl groups excluding tert-OH is 4. The van der Waals surface area contributed by atoms with Crippen molar-refractivity contribution in [3.8, 4) is 0 Å². The number of hydrogen-bond donors (Lipinski definition) is 4. The third-order valence-corrected chi connectivity index (χ3v) is 9.34. The SMILES string of the molecule is CCCCCCC/C=C\C/C=C\CCCCCCCCCCCC(=O)OC(COC(=O)CCCCCCC)COC1OC(CO)C(O)C(O)C1O. The maximum Gasteiger partial charge on any atom is 0.306 e. The zero-order chi connectivity index (χ0) is 37.4. The van der Waals surface area contributed by atoms with Crippen LogP contribution in [0.4, 0.5) is 0 Å². The van der Waals surface area contributed by atoms with Gasteiger partial charge < -0.3 is 39.4 Å². The van der Waals surface area contributed by atoms with E-state index in [1.807, 2.05) is 0 Å². The van der Waals surface area contributed by atoms with Gasteiger partial charge >= 0.3 is 11.9 Å². The van der Waals surface area contributed by atoms with Crippen LogP contribution in [0.15, 0.2) is 24.3 Å². The second kappa shape index (κ2) is 32.8. The lowest BCUT2D eigenvalue weighted by Crippen LogP contribution is -2.59. The largest absolute Gasteiger partial charge is 0.462 e. The molecule has 1 fully saturated rings. The molecule has 0 aliphatic carbocycles. The molecule has 0 spiro atoms. The topological polar surface area (TPSA) is 152 Å². The van der Waals surface area contributed by atoms with E-state index in [2.05, 4.69) is 38.2 Å². The molecule has 0 radical (unpaired) electrons. The number of ether oxygens (including phenoxy) is 4. The van der Waals surface area contributed by atoms with Crippen molar-refractivity contribution < 1.29 is 49.0 Å². The highest BCUT2D eigenvalue weighted by atomic mass is 16.7. The maximum absolute atomic E-state index is 12.7. The monoisotopic (exact) mass is 727 g/mol. The third kappa shape index (κ3) is 24.9. The van der Waals surface area contributed by atoms with Crippen LogP contribution in [0.3, 0.4) is 0 Å². The Morgan fingerprint density at radius 1 is 0.608 bits per heavy atom. The van der Waals surface area contributed by atoms with Gasteiger partial charge in [-0.15, -0.1) is 0 Å². The second-order valence-corrected chi connectivity index (χ2v) is 14.1. The Balaban J connectivity index is 2.25. The summed E-state index contributed by atoms with van der Waals surface area (Å²) in [5.74, 6) is -0.824. The third-order valence-electron chi connectivity index (χ3n) is 9.34. The predicted molar refractivity (Wildman–Crippen MR) is 201 cm³/mol. The molecule has 0 aromatic rings. The Hall–Kier alpha value is -1.82. The molecule has 0 aromatic heterocycles. The van der Waals surface area contributed by atoms with Crippen LogP contribution in [-0.4, -0.2) is 89.0 Å². The van der Waals surface area contributed by atoms with E-state index in [1.165, 1.54) is 70.6 Å². The molecule has 0 saturated carbocycles. The van der Waals surface area contributed by atoms with E-state index >= 15 is 0 Å². The molecule has 0 amide bonds. The number of hydrogen-bond acceptors (Lipinski definition) is 10. The summed E-state index contributed by atoms with van der Waals surface area (Å²) in [5, 5.41) is 39.8. The van der Waals surface area contributed by atoms with Crippen LogP contribution in [0.25, 0.3) is 0 Å².